The summed E-state index contributed by atoms with van der Waals surface area (Å²) in [4.78, 5) is 35.7. The Morgan fingerprint density at radius 2 is 2.06 bits per heavy atom. The van der Waals surface area contributed by atoms with Crippen LogP contribution in [-0.4, -0.2) is 54.8 Å². The van der Waals surface area contributed by atoms with E-state index in [-0.39, 0.29) is 6.42 Å². The smallest absolute Gasteiger partial charge is 0.311 e. The van der Waals surface area contributed by atoms with Crippen molar-refractivity contribution in [3.8, 4) is 0 Å². The third-order valence-corrected chi connectivity index (χ3v) is 2.71. The highest BCUT2D eigenvalue weighted by Crippen LogP contribution is 1.97. The Labute approximate surface area is 106 Å². The van der Waals surface area contributed by atoms with Crippen molar-refractivity contribution >= 4 is 17.7 Å². The minimum Gasteiger partial charge on any atom is -0.370 e. The highest BCUT2D eigenvalue weighted by atomic mass is 16.2. The van der Waals surface area contributed by atoms with Crippen LogP contribution in [0.25, 0.3) is 0 Å². The van der Waals surface area contributed by atoms with Crippen LogP contribution in [0.15, 0.2) is 0 Å². The molecule has 3 amide bonds. The van der Waals surface area contributed by atoms with Crippen LogP contribution < -0.4 is 16.4 Å². The topological polar surface area (TPSA) is 105 Å². The second-order valence-corrected chi connectivity index (χ2v) is 4.44. The lowest BCUT2D eigenvalue weighted by Gasteiger charge is -2.20. The molecule has 0 aromatic heterocycles. The highest BCUT2D eigenvalue weighted by Gasteiger charge is 2.23. The van der Waals surface area contributed by atoms with Crippen LogP contribution in [0.1, 0.15) is 19.8 Å². The maximum atomic E-state index is 11.8. The second kappa shape index (κ2) is 6.95. The van der Waals surface area contributed by atoms with Crippen molar-refractivity contribution < 1.29 is 14.4 Å². The quantitative estimate of drug-likeness (QED) is 0.517. The number of amides is 3. The first-order valence-electron chi connectivity index (χ1n) is 6.09. The first-order valence-corrected chi connectivity index (χ1v) is 6.09. The highest BCUT2D eigenvalue weighted by molar-refractivity contribution is 6.35. The lowest BCUT2D eigenvalue weighted by atomic mass is 10.2. The average Bonchev–Trinajstić information content (AvgIpc) is 2.55. The van der Waals surface area contributed by atoms with Gasteiger partial charge in [0.1, 0.15) is 0 Å². The Hall–Kier alpha value is -1.63. The van der Waals surface area contributed by atoms with Crippen LogP contribution in [0.4, 0.5) is 0 Å². The summed E-state index contributed by atoms with van der Waals surface area (Å²) >= 11 is 0. The summed E-state index contributed by atoms with van der Waals surface area (Å²) in [5.41, 5.74) is 5.01. The number of nitrogens with zero attached hydrogens (tertiary/aromatic N) is 1. The number of hydrogen-bond acceptors (Lipinski definition) is 4. The molecule has 1 fully saturated rings. The standard InChI is InChI=1S/C11H20N4O3/c1-8(7-9(12)16)14-10(17)11(18)15-5-2-3-13-4-6-15/h8,13H,2-7H2,1H3,(H2,12,16)(H,14,17). The number of nitrogens with two attached hydrogens (primary N) is 1. The molecule has 0 radical (unpaired) electrons. The average molecular weight is 256 g/mol. The zero-order chi connectivity index (χ0) is 13.5. The molecule has 7 heteroatoms. The van der Waals surface area contributed by atoms with E-state index in [4.69, 9.17) is 5.73 Å². The number of carbonyl (C=O) groups excluding carboxylic acids is 3. The van der Waals surface area contributed by atoms with E-state index in [1.165, 1.54) is 4.90 Å². The number of hydrogen-bond donors (Lipinski definition) is 3. The Bertz CT molecular complexity index is 324. The Morgan fingerprint density at radius 3 is 2.72 bits per heavy atom. The van der Waals surface area contributed by atoms with Crippen molar-refractivity contribution in [3.63, 3.8) is 0 Å². The van der Waals surface area contributed by atoms with Gasteiger partial charge in [0.15, 0.2) is 0 Å². The van der Waals surface area contributed by atoms with Gasteiger partial charge in [-0.1, -0.05) is 0 Å². The lowest BCUT2D eigenvalue weighted by molar-refractivity contribution is -0.146. The predicted octanol–water partition coefficient (Wildman–Crippen LogP) is -1.81. The largest absolute Gasteiger partial charge is 0.370 e. The SMILES string of the molecule is CC(CC(N)=O)NC(=O)C(=O)N1CCCNCC1. The summed E-state index contributed by atoms with van der Waals surface area (Å²) in [6, 6.07) is -0.427. The fourth-order valence-electron chi connectivity index (χ4n) is 1.83. The molecule has 1 heterocycles. The van der Waals surface area contributed by atoms with E-state index >= 15 is 0 Å². The monoisotopic (exact) mass is 256 g/mol. The summed E-state index contributed by atoms with van der Waals surface area (Å²) in [5.74, 6) is -1.73. The molecule has 1 unspecified atom stereocenters. The van der Waals surface area contributed by atoms with Gasteiger partial charge < -0.3 is 21.3 Å². The molecule has 0 aliphatic carbocycles. The third kappa shape index (κ3) is 4.70. The van der Waals surface area contributed by atoms with Gasteiger partial charge in [-0.25, -0.2) is 0 Å². The molecule has 7 nitrogen and oxygen atoms in total. The Morgan fingerprint density at radius 1 is 1.33 bits per heavy atom. The molecular formula is C11H20N4O3. The number of carbonyl (C=O) groups is 3. The molecule has 0 spiro atoms. The van der Waals surface area contributed by atoms with Gasteiger partial charge >= 0.3 is 11.8 Å². The van der Waals surface area contributed by atoms with Crippen molar-refractivity contribution in [1.82, 2.24) is 15.5 Å². The van der Waals surface area contributed by atoms with Gasteiger partial charge in [0, 0.05) is 32.1 Å². The van der Waals surface area contributed by atoms with Gasteiger partial charge in [-0.05, 0) is 19.9 Å². The van der Waals surface area contributed by atoms with E-state index in [1.54, 1.807) is 6.92 Å². The molecule has 1 aliphatic rings. The third-order valence-electron chi connectivity index (χ3n) is 2.71. The lowest BCUT2D eigenvalue weighted by Crippen LogP contribution is -2.47. The summed E-state index contributed by atoms with van der Waals surface area (Å²) in [6.45, 7) is 4.28. The van der Waals surface area contributed by atoms with Crippen LogP contribution in [0.3, 0.4) is 0 Å². The summed E-state index contributed by atoms with van der Waals surface area (Å²) in [5, 5.41) is 5.63. The van der Waals surface area contributed by atoms with Crippen molar-refractivity contribution in [3.05, 3.63) is 0 Å². The van der Waals surface area contributed by atoms with Crippen LogP contribution in [-0.2, 0) is 14.4 Å². The molecule has 1 rings (SSSR count). The van der Waals surface area contributed by atoms with Crippen molar-refractivity contribution in [2.75, 3.05) is 26.2 Å². The van der Waals surface area contributed by atoms with Gasteiger partial charge in [0.05, 0.1) is 0 Å². The Balaban J connectivity index is 2.44. The van der Waals surface area contributed by atoms with Crippen LogP contribution >= 0.6 is 0 Å². The molecule has 1 aliphatic heterocycles. The molecule has 0 aromatic rings. The minimum absolute atomic E-state index is 0.0283. The second-order valence-electron chi connectivity index (χ2n) is 4.44. The van der Waals surface area contributed by atoms with E-state index in [0.29, 0.717) is 19.6 Å². The van der Waals surface area contributed by atoms with Gasteiger partial charge in [-0.3, -0.25) is 14.4 Å². The molecule has 1 atom stereocenters. The predicted molar refractivity (Wildman–Crippen MR) is 65.5 cm³/mol. The first-order chi connectivity index (χ1) is 8.50. The molecule has 0 saturated carbocycles. The maximum Gasteiger partial charge on any atom is 0.311 e. The molecule has 4 N–H and O–H groups in total. The first kappa shape index (κ1) is 14.4. The maximum absolute atomic E-state index is 11.8. The van der Waals surface area contributed by atoms with Crippen LogP contribution in [0, 0.1) is 0 Å². The van der Waals surface area contributed by atoms with Gasteiger partial charge in [0.2, 0.25) is 5.91 Å². The minimum atomic E-state index is -0.675. The van der Waals surface area contributed by atoms with Crippen molar-refractivity contribution in [2.45, 2.75) is 25.8 Å². The zero-order valence-corrected chi connectivity index (χ0v) is 10.6. The zero-order valence-electron chi connectivity index (χ0n) is 10.6. The van der Waals surface area contributed by atoms with E-state index in [2.05, 4.69) is 10.6 Å². The summed E-state index contributed by atoms with van der Waals surface area (Å²) in [6.07, 6.45) is 0.858. The van der Waals surface area contributed by atoms with E-state index in [0.717, 1.165) is 13.0 Å². The van der Waals surface area contributed by atoms with Crippen molar-refractivity contribution in [1.29, 1.82) is 0 Å². The van der Waals surface area contributed by atoms with Crippen LogP contribution in [0.2, 0.25) is 0 Å². The van der Waals surface area contributed by atoms with Crippen LogP contribution in [0.5, 0.6) is 0 Å². The molecule has 18 heavy (non-hydrogen) atoms. The van der Waals surface area contributed by atoms with Gasteiger partial charge in [-0.15, -0.1) is 0 Å². The number of rotatable bonds is 3. The van der Waals surface area contributed by atoms with E-state index < -0.39 is 23.8 Å². The fraction of sp³-hybridized carbons (Fsp3) is 0.727. The van der Waals surface area contributed by atoms with Crippen molar-refractivity contribution in [2.24, 2.45) is 5.73 Å². The Kier molecular flexibility index (Phi) is 5.57. The van der Waals surface area contributed by atoms with Gasteiger partial charge in [0.25, 0.3) is 0 Å². The molecule has 0 aromatic carbocycles. The molecule has 0 bridgehead atoms. The summed E-state index contributed by atoms with van der Waals surface area (Å²) < 4.78 is 0. The molecule has 102 valence electrons. The fourth-order valence-corrected chi connectivity index (χ4v) is 1.83. The number of primary amides is 1. The molecular weight excluding hydrogens is 236 g/mol. The molecule has 1 saturated heterocycles. The number of nitrogens with one attached hydrogen (secondary N) is 2. The van der Waals surface area contributed by atoms with E-state index in [1.807, 2.05) is 0 Å². The normalized spacial score (nSPS) is 17.7. The van der Waals surface area contributed by atoms with E-state index in [9.17, 15) is 14.4 Å². The van der Waals surface area contributed by atoms with Gasteiger partial charge in [-0.2, -0.15) is 0 Å². The summed E-state index contributed by atoms with van der Waals surface area (Å²) in [7, 11) is 0.